The Bertz CT molecular complexity index is 971. The molecule has 4 rings (SSSR count). The maximum absolute atomic E-state index is 14.2. The number of aliphatic imine (C=N–C) groups is 1. The maximum Gasteiger partial charge on any atom is 0.148 e. The molecule has 1 N–H and O–H groups in total. The SMILES string of the molecule is Cc1ccc(CNC2=NCc3c2sc2nc(C)c(F)c(C)c32)cc1. The van der Waals surface area contributed by atoms with Crippen molar-refractivity contribution >= 4 is 27.4 Å². The molecule has 0 saturated heterocycles. The minimum atomic E-state index is -0.204. The highest BCUT2D eigenvalue weighted by Crippen LogP contribution is 2.37. The van der Waals surface area contributed by atoms with Gasteiger partial charge in [0, 0.05) is 17.5 Å². The van der Waals surface area contributed by atoms with Crippen molar-refractivity contribution in [2.75, 3.05) is 0 Å². The third kappa shape index (κ3) is 2.40. The van der Waals surface area contributed by atoms with Gasteiger partial charge in [-0.25, -0.2) is 9.37 Å². The molecule has 24 heavy (non-hydrogen) atoms. The lowest BCUT2D eigenvalue weighted by Crippen LogP contribution is -2.21. The highest BCUT2D eigenvalue weighted by molar-refractivity contribution is 7.20. The van der Waals surface area contributed by atoms with Crippen LogP contribution in [0.15, 0.2) is 29.3 Å². The third-order valence-electron chi connectivity index (χ3n) is 4.47. The predicted octanol–water partition coefficient (Wildman–Crippen LogP) is 4.41. The first kappa shape index (κ1) is 15.3. The molecule has 3 heterocycles. The van der Waals surface area contributed by atoms with Crippen LogP contribution in [0.1, 0.15) is 32.8 Å². The van der Waals surface area contributed by atoms with Gasteiger partial charge in [-0.1, -0.05) is 29.8 Å². The number of fused-ring (bicyclic) bond motifs is 3. The lowest BCUT2D eigenvalue weighted by molar-refractivity contribution is 0.604. The zero-order valence-corrected chi connectivity index (χ0v) is 14.7. The molecule has 1 aromatic carbocycles. The highest BCUT2D eigenvalue weighted by atomic mass is 32.1. The van der Waals surface area contributed by atoms with Crippen molar-refractivity contribution in [2.45, 2.75) is 33.9 Å². The van der Waals surface area contributed by atoms with Crippen LogP contribution in [0, 0.1) is 26.6 Å². The van der Waals surface area contributed by atoms with Crippen LogP contribution in [0.5, 0.6) is 0 Å². The lowest BCUT2D eigenvalue weighted by Gasteiger charge is -2.06. The largest absolute Gasteiger partial charge is 0.365 e. The standard InChI is InChI=1S/C19H18FN3S/c1-10-4-6-13(7-5-10)8-21-18-17-14(9-22-18)15-11(2)16(20)12(3)23-19(15)24-17/h4-7H,8-9H2,1-3H3,(H,21,22). The van der Waals surface area contributed by atoms with E-state index in [2.05, 4.69) is 46.5 Å². The van der Waals surface area contributed by atoms with Crippen LogP contribution >= 0.6 is 11.3 Å². The zero-order valence-electron chi connectivity index (χ0n) is 13.9. The number of aryl methyl sites for hydroxylation is 3. The van der Waals surface area contributed by atoms with Crippen molar-refractivity contribution in [2.24, 2.45) is 4.99 Å². The van der Waals surface area contributed by atoms with Gasteiger partial charge in [-0.05, 0) is 31.9 Å². The fourth-order valence-corrected chi connectivity index (χ4v) is 4.38. The first-order valence-electron chi connectivity index (χ1n) is 7.97. The predicted molar refractivity (Wildman–Crippen MR) is 97.3 cm³/mol. The van der Waals surface area contributed by atoms with Crippen molar-refractivity contribution in [3.8, 4) is 0 Å². The number of amidine groups is 1. The molecular formula is C19H18FN3S. The zero-order chi connectivity index (χ0) is 16.8. The van der Waals surface area contributed by atoms with Crippen LogP contribution < -0.4 is 5.32 Å². The monoisotopic (exact) mass is 339 g/mol. The summed E-state index contributed by atoms with van der Waals surface area (Å²) in [6, 6.07) is 8.45. The van der Waals surface area contributed by atoms with Crippen LogP contribution in [0.3, 0.4) is 0 Å². The van der Waals surface area contributed by atoms with Gasteiger partial charge in [0.05, 0.1) is 17.1 Å². The fraction of sp³-hybridized carbons (Fsp3) is 0.263. The number of rotatable bonds is 2. The molecule has 5 heteroatoms. The number of benzene rings is 1. The molecule has 1 aliphatic heterocycles. The molecule has 3 aromatic rings. The van der Waals surface area contributed by atoms with E-state index in [0.29, 0.717) is 17.8 Å². The highest BCUT2D eigenvalue weighted by Gasteiger charge is 2.25. The van der Waals surface area contributed by atoms with Gasteiger partial charge in [-0.15, -0.1) is 11.3 Å². The molecule has 2 aromatic heterocycles. The van der Waals surface area contributed by atoms with E-state index in [4.69, 9.17) is 0 Å². The first-order valence-corrected chi connectivity index (χ1v) is 8.78. The molecule has 0 fully saturated rings. The number of hydrogen-bond acceptors (Lipinski definition) is 4. The average molecular weight is 339 g/mol. The normalized spacial score (nSPS) is 13.2. The summed E-state index contributed by atoms with van der Waals surface area (Å²) < 4.78 is 14.2. The number of pyridine rings is 1. The van der Waals surface area contributed by atoms with E-state index in [0.717, 1.165) is 33.0 Å². The van der Waals surface area contributed by atoms with Crippen LogP contribution in [-0.2, 0) is 13.1 Å². The van der Waals surface area contributed by atoms with Gasteiger partial charge in [0.1, 0.15) is 16.5 Å². The molecule has 0 amide bonds. The second kappa shape index (κ2) is 5.67. The van der Waals surface area contributed by atoms with Gasteiger partial charge >= 0.3 is 0 Å². The molecule has 0 radical (unpaired) electrons. The Hall–Kier alpha value is -2.27. The summed E-state index contributed by atoms with van der Waals surface area (Å²) in [7, 11) is 0. The van der Waals surface area contributed by atoms with Crippen LogP contribution in [0.4, 0.5) is 4.39 Å². The molecule has 3 nitrogen and oxygen atoms in total. The summed E-state index contributed by atoms with van der Waals surface area (Å²) >= 11 is 1.60. The van der Waals surface area contributed by atoms with Crippen molar-refractivity contribution in [3.63, 3.8) is 0 Å². The summed E-state index contributed by atoms with van der Waals surface area (Å²) in [4.78, 5) is 11.0. The van der Waals surface area contributed by atoms with E-state index in [1.165, 1.54) is 11.1 Å². The Morgan fingerprint density at radius 1 is 1.17 bits per heavy atom. The topological polar surface area (TPSA) is 37.3 Å². The summed E-state index contributed by atoms with van der Waals surface area (Å²) in [6.45, 7) is 6.95. The quantitative estimate of drug-likeness (QED) is 0.751. The van der Waals surface area contributed by atoms with Crippen molar-refractivity contribution in [3.05, 3.63) is 62.9 Å². The van der Waals surface area contributed by atoms with Gasteiger partial charge in [0.2, 0.25) is 0 Å². The van der Waals surface area contributed by atoms with Gasteiger partial charge in [-0.3, -0.25) is 4.99 Å². The van der Waals surface area contributed by atoms with Gasteiger partial charge in [0.15, 0.2) is 0 Å². The van der Waals surface area contributed by atoms with Crippen LogP contribution in [0.25, 0.3) is 10.2 Å². The first-order chi connectivity index (χ1) is 11.5. The fourth-order valence-electron chi connectivity index (χ4n) is 3.10. The second-order valence-electron chi connectivity index (χ2n) is 6.23. The van der Waals surface area contributed by atoms with Crippen LogP contribution in [0.2, 0.25) is 0 Å². The number of hydrogen-bond donors (Lipinski definition) is 1. The summed E-state index contributed by atoms with van der Waals surface area (Å²) in [5, 5.41) is 4.36. The van der Waals surface area contributed by atoms with Gasteiger partial charge in [-0.2, -0.15) is 0 Å². The minimum Gasteiger partial charge on any atom is -0.365 e. The Morgan fingerprint density at radius 3 is 2.67 bits per heavy atom. The average Bonchev–Trinajstić information content (AvgIpc) is 3.11. The van der Waals surface area contributed by atoms with E-state index < -0.39 is 0 Å². The van der Waals surface area contributed by atoms with E-state index in [1.54, 1.807) is 18.3 Å². The van der Waals surface area contributed by atoms with E-state index in [-0.39, 0.29) is 5.82 Å². The van der Waals surface area contributed by atoms with Crippen LogP contribution in [-0.4, -0.2) is 10.8 Å². The summed E-state index contributed by atoms with van der Waals surface area (Å²) in [5.74, 6) is 0.690. The molecule has 122 valence electrons. The molecule has 0 bridgehead atoms. The molecular weight excluding hydrogens is 321 g/mol. The number of halogens is 1. The number of nitrogens with one attached hydrogen (secondary N) is 1. The maximum atomic E-state index is 14.2. The van der Waals surface area contributed by atoms with Crippen molar-refractivity contribution in [1.82, 2.24) is 10.3 Å². The summed E-state index contributed by atoms with van der Waals surface area (Å²) in [5.41, 5.74) is 4.72. The van der Waals surface area contributed by atoms with Gasteiger partial charge in [0.25, 0.3) is 0 Å². The Morgan fingerprint density at radius 2 is 1.92 bits per heavy atom. The van der Waals surface area contributed by atoms with E-state index in [9.17, 15) is 4.39 Å². The molecule has 0 atom stereocenters. The Labute approximate surface area is 144 Å². The molecule has 0 spiro atoms. The molecule has 0 saturated carbocycles. The van der Waals surface area contributed by atoms with E-state index >= 15 is 0 Å². The number of thiophene rings is 1. The van der Waals surface area contributed by atoms with Crippen molar-refractivity contribution < 1.29 is 4.39 Å². The lowest BCUT2D eigenvalue weighted by atomic mass is 10.1. The number of aromatic nitrogens is 1. The summed E-state index contributed by atoms with van der Waals surface area (Å²) in [6.07, 6.45) is 0. The van der Waals surface area contributed by atoms with Gasteiger partial charge < -0.3 is 5.32 Å². The Balaban J connectivity index is 1.65. The van der Waals surface area contributed by atoms with Crippen molar-refractivity contribution in [1.29, 1.82) is 0 Å². The molecule has 0 unspecified atom stereocenters. The molecule has 1 aliphatic rings. The smallest absolute Gasteiger partial charge is 0.148 e. The van der Waals surface area contributed by atoms with E-state index in [1.807, 2.05) is 6.92 Å². The minimum absolute atomic E-state index is 0.204. The third-order valence-corrected chi connectivity index (χ3v) is 5.60. The second-order valence-corrected chi connectivity index (χ2v) is 7.23. The Kier molecular flexibility index (Phi) is 3.61. The number of nitrogens with zero attached hydrogens (tertiary/aromatic N) is 2. The molecule has 0 aliphatic carbocycles.